The number of benzene rings is 1. The third-order valence-corrected chi connectivity index (χ3v) is 8.28. The highest BCUT2D eigenvalue weighted by molar-refractivity contribution is 5.80. The average molecular weight is 575 g/mol. The number of aryl methyl sites for hydroxylation is 1. The van der Waals surface area contributed by atoms with Crippen LogP contribution < -0.4 is 10.2 Å². The van der Waals surface area contributed by atoms with E-state index in [0.29, 0.717) is 10.2 Å². The number of methoxy groups -OCH3 is 1. The Balaban J connectivity index is 2.10. The van der Waals surface area contributed by atoms with Crippen LogP contribution in [0, 0.1) is 24.5 Å². The zero-order chi connectivity index (χ0) is 30.5. The largest absolute Gasteiger partial charge is 0.493 e. The number of rotatable bonds is 7. The molecular weight excluding hydrogens is 537 g/mol. The summed E-state index contributed by atoms with van der Waals surface area (Å²) in [4.78, 5) is 30.6. The number of carbonyl (C=O) groups excluding carboxylic acids is 1. The van der Waals surface area contributed by atoms with Crippen LogP contribution in [0.5, 0.6) is 5.75 Å². The number of pyridine rings is 1. The molecule has 1 fully saturated rings. The molecule has 12 heteroatoms. The van der Waals surface area contributed by atoms with E-state index in [1.54, 1.807) is 20.9 Å². The molecule has 1 saturated heterocycles. The van der Waals surface area contributed by atoms with Crippen molar-refractivity contribution >= 4 is 5.91 Å². The van der Waals surface area contributed by atoms with E-state index in [-0.39, 0.29) is 35.3 Å². The molecular formula is C28H37F5N3O4+. The Bertz CT molecular complexity index is 1340. The van der Waals surface area contributed by atoms with Crippen LogP contribution in [0.25, 0.3) is 0 Å². The van der Waals surface area contributed by atoms with E-state index < -0.39 is 52.5 Å². The maximum absolute atomic E-state index is 14.6. The number of H-pyrrole nitrogens is 1. The maximum atomic E-state index is 14.6. The second-order valence-corrected chi connectivity index (χ2v) is 11.6. The molecule has 3 rings (SSSR count). The minimum atomic E-state index is -4.81. The second kappa shape index (κ2) is 10.8. The summed E-state index contributed by atoms with van der Waals surface area (Å²) in [6.45, 7) is 5.55. The van der Waals surface area contributed by atoms with Crippen molar-refractivity contribution in [3.05, 3.63) is 62.6 Å². The van der Waals surface area contributed by atoms with Crippen LogP contribution in [0.15, 0.2) is 23.0 Å². The number of aromatic amines is 1. The molecule has 0 unspecified atom stereocenters. The first kappa shape index (κ1) is 31.5. The number of hydrogen-bond acceptors (Lipinski definition) is 4. The predicted molar refractivity (Wildman–Crippen MR) is 139 cm³/mol. The van der Waals surface area contributed by atoms with E-state index in [0.717, 1.165) is 26.2 Å². The summed E-state index contributed by atoms with van der Waals surface area (Å²) in [6.07, 6.45) is -6.19. The van der Waals surface area contributed by atoms with Gasteiger partial charge in [0.05, 0.1) is 34.8 Å². The quantitative estimate of drug-likeness (QED) is 0.380. The molecule has 1 aromatic heterocycles. The zero-order valence-electron chi connectivity index (χ0n) is 24.2. The lowest BCUT2D eigenvalue weighted by molar-refractivity contribution is -0.884. The summed E-state index contributed by atoms with van der Waals surface area (Å²) in [6, 6.07) is 2.75. The predicted octanol–water partition coefficient (Wildman–Crippen LogP) is 4.84. The summed E-state index contributed by atoms with van der Waals surface area (Å²) < 4.78 is 82.6. The van der Waals surface area contributed by atoms with Crippen LogP contribution in [0.1, 0.15) is 55.3 Å². The number of halogens is 5. The Kier molecular flexibility index (Phi) is 8.49. The van der Waals surface area contributed by atoms with Crippen molar-refractivity contribution in [1.29, 1.82) is 0 Å². The van der Waals surface area contributed by atoms with Crippen molar-refractivity contribution in [3.63, 3.8) is 0 Å². The van der Waals surface area contributed by atoms with Crippen molar-refractivity contribution in [3.8, 4) is 5.75 Å². The van der Waals surface area contributed by atoms with Crippen molar-refractivity contribution in [2.45, 2.75) is 64.1 Å². The molecule has 222 valence electrons. The van der Waals surface area contributed by atoms with Crippen molar-refractivity contribution in [2.24, 2.45) is 5.92 Å². The molecule has 1 N–H and O–H groups in total. The SMILES string of the molecule is COc1c([C@H]2[C@H](c3cc(=O)c(CN(C)C(=O)[C@H](C)[N+](C)(C)C)c(C)[nH]3)O[C@@](C)(C(F)(F)F)[C@H]2C)ccc(F)c1F. The standard InChI is InChI=1S/C28H36F5N3O4/c1-14-22(17-10-11-19(29)23(30)24(17)39-9)25(40-27(14,4)28(31,32)33)20-12-21(37)18(15(2)34-20)13-35(5)26(38)16(3)36(6,7)8/h10-12,14,16,22,25H,13H2,1-9H3/p+1/t14-,16-,22-,25-,27+/m0/s1. The minimum Gasteiger partial charge on any atom is -0.493 e. The molecule has 0 bridgehead atoms. The van der Waals surface area contributed by atoms with Crippen molar-refractivity contribution in [1.82, 2.24) is 9.88 Å². The summed E-state index contributed by atoms with van der Waals surface area (Å²) >= 11 is 0. The Morgan fingerprint density at radius 1 is 1.25 bits per heavy atom. The first-order chi connectivity index (χ1) is 18.3. The second-order valence-electron chi connectivity index (χ2n) is 11.6. The average Bonchev–Trinajstić information content (AvgIpc) is 3.12. The molecule has 5 atom stereocenters. The minimum absolute atomic E-state index is 0.0194. The highest BCUT2D eigenvalue weighted by Crippen LogP contribution is 2.59. The van der Waals surface area contributed by atoms with E-state index >= 15 is 0 Å². The Hall–Kier alpha value is -2.99. The van der Waals surface area contributed by atoms with Gasteiger partial charge in [-0.3, -0.25) is 9.59 Å². The Morgan fingerprint density at radius 2 is 1.85 bits per heavy atom. The number of likely N-dealkylation sites (N-methyl/N-ethyl adjacent to an activating group) is 2. The molecule has 1 aliphatic heterocycles. The molecule has 1 amide bonds. The smallest absolute Gasteiger partial charge is 0.417 e. The highest BCUT2D eigenvalue weighted by atomic mass is 19.4. The van der Waals surface area contributed by atoms with Crippen LogP contribution in [-0.4, -0.2) is 73.4 Å². The number of nitrogens with zero attached hydrogens (tertiary/aromatic N) is 2. The normalized spacial score (nSPS) is 24.2. The van der Waals surface area contributed by atoms with Gasteiger partial charge in [-0.25, -0.2) is 4.39 Å². The summed E-state index contributed by atoms with van der Waals surface area (Å²) in [5.74, 6) is -5.70. The summed E-state index contributed by atoms with van der Waals surface area (Å²) in [5, 5.41) is 0. The fraction of sp³-hybridized carbons (Fsp3) is 0.571. The number of aromatic nitrogens is 1. The Labute approximate surface area is 230 Å². The van der Waals surface area contributed by atoms with E-state index in [2.05, 4.69) is 4.98 Å². The first-order valence-electron chi connectivity index (χ1n) is 12.8. The van der Waals surface area contributed by atoms with E-state index in [1.807, 2.05) is 21.1 Å². The van der Waals surface area contributed by atoms with Crippen LogP contribution in [0.2, 0.25) is 0 Å². The topological polar surface area (TPSA) is 71.6 Å². The van der Waals surface area contributed by atoms with Gasteiger partial charge in [0.1, 0.15) is 6.10 Å². The number of ether oxygens (including phenoxy) is 2. The van der Waals surface area contributed by atoms with E-state index in [4.69, 9.17) is 9.47 Å². The molecule has 2 heterocycles. The monoisotopic (exact) mass is 574 g/mol. The van der Waals surface area contributed by atoms with Crippen molar-refractivity contribution in [2.75, 3.05) is 35.3 Å². The van der Waals surface area contributed by atoms with Gasteiger partial charge in [0, 0.05) is 47.5 Å². The van der Waals surface area contributed by atoms with Gasteiger partial charge in [0.25, 0.3) is 5.91 Å². The maximum Gasteiger partial charge on any atom is 0.417 e. The van der Waals surface area contributed by atoms with Gasteiger partial charge in [-0.15, -0.1) is 0 Å². The zero-order valence-corrected chi connectivity index (χ0v) is 24.2. The molecule has 1 aliphatic rings. The van der Waals surface area contributed by atoms with Gasteiger partial charge in [-0.1, -0.05) is 13.0 Å². The fourth-order valence-electron chi connectivity index (χ4n) is 5.14. The third-order valence-electron chi connectivity index (χ3n) is 8.28. The van der Waals surface area contributed by atoms with Crippen LogP contribution in [0.4, 0.5) is 22.0 Å². The van der Waals surface area contributed by atoms with Gasteiger partial charge < -0.3 is 23.8 Å². The Morgan fingerprint density at radius 3 is 2.35 bits per heavy atom. The third kappa shape index (κ3) is 5.47. The molecule has 40 heavy (non-hydrogen) atoms. The first-order valence-corrected chi connectivity index (χ1v) is 12.8. The van der Waals surface area contributed by atoms with Crippen LogP contribution in [0.3, 0.4) is 0 Å². The summed E-state index contributed by atoms with van der Waals surface area (Å²) in [5.41, 5.74) is -2.55. The number of carbonyl (C=O) groups is 1. The molecule has 0 aliphatic carbocycles. The van der Waals surface area contributed by atoms with Gasteiger partial charge >= 0.3 is 6.18 Å². The number of nitrogens with one attached hydrogen (secondary N) is 1. The lowest BCUT2D eigenvalue weighted by atomic mass is 9.76. The van der Waals surface area contributed by atoms with Crippen LogP contribution in [-0.2, 0) is 16.1 Å². The molecule has 2 aromatic rings. The number of hydrogen-bond donors (Lipinski definition) is 1. The fourth-order valence-corrected chi connectivity index (χ4v) is 5.14. The van der Waals surface area contributed by atoms with Crippen LogP contribution >= 0.6 is 0 Å². The van der Waals surface area contributed by atoms with Gasteiger partial charge in [-0.2, -0.15) is 17.6 Å². The number of amides is 1. The van der Waals surface area contributed by atoms with E-state index in [9.17, 15) is 31.5 Å². The van der Waals surface area contributed by atoms with E-state index in [1.165, 1.54) is 17.9 Å². The summed E-state index contributed by atoms with van der Waals surface area (Å²) in [7, 11) is 8.29. The highest BCUT2D eigenvalue weighted by Gasteiger charge is 2.65. The van der Waals surface area contributed by atoms with Gasteiger partial charge in [0.2, 0.25) is 5.82 Å². The lowest BCUT2D eigenvalue weighted by Crippen LogP contribution is -2.52. The molecule has 0 saturated carbocycles. The van der Waals surface area contributed by atoms with Gasteiger partial charge in [-0.05, 0) is 26.8 Å². The molecule has 0 radical (unpaired) electrons. The number of alkyl halides is 3. The van der Waals surface area contributed by atoms with Crippen molar-refractivity contribution < 1.29 is 40.7 Å². The molecule has 0 spiro atoms. The lowest BCUT2D eigenvalue weighted by Gasteiger charge is -2.33. The molecule has 1 aromatic carbocycles. The molecule has 7 nitrogen and oxygen atoms in total. The van der Waals surface area contributed by atoms with Gasteiger partial charge in [0.15, 0.2) is 28.6 Å². The number of quaternary nitrogens is 1.